The molecular formula is C18H21Cl2N3O2. The van der Waals surface area contributed by atoms with Crippen molar-refractivity contribution in [2.75, 3.05) is 31.6 Å². The molecule has 0 saturated carbocycles. The number of halogens is 2. The average molecular weight is 382 g/mol. The van der Waals surface area contributed by atoms with Crippen molar-refractivity contribution in [3.63, 3.8) is 0 Å². The van der Waals surface area contributed by atoms with Crippen LogP contribution in [0, 0.1) is 0 Å². The van der Waals surface area contributed by atoms with Crippen molar-refractivity contribution in [1.29, 1.82) is 0 Å². The highest BCUT2D eigenvalue weighted by Gasteiger charge is 2.22. The van der Waals surface area contributed by atoms with Gasteiger partial charge in [0, 0.05) is 24.5 Å². The van der Waals surface area contributed by atoms with E-state index < -0.39 is 5.97 Å². The molecule has 2 aromatic rings. The van der Waals surface area contributed by atoms with E-state index >= 15 is 0 Å². The fourth-order valence-corrected chi connectivity index (χ4v) is 3.75. The first-order valence-corrected chi connectivity index (χ1v) is 9.13. The number of likely N-dealkylation sites (N-methyl/N-ethyl adjacent to an activating group) is 1. The number of anilines is 1. The third kappa shape index (κ3) is 4.17. The monoisotopic (exact) mass is 381 g/mol. The summed E-state index contributed by atoms with van der Waals surface area (Å²) in [7, 11) is 1.88. The van der Waals surface area contributed by atoms with Crippen LogP contribution < -0.4 is 4.90 Å². The molecule has 3 rings (SSSR count). The summed E-state index contributed by atoms with van der Waals surface area (Å²) < 4.78 is 0. The summed E-state index contributed by atoms with van der Waals surface area (Å²) >= 11 is 12.4. The van der Waals surface area contributed by atoms with E-state index in [0.29, 0.717) is 10.0 Å². The number of hydrogen-bond acceptors (Lipinski definition) is 4. The van der Waals surface area contributed by atoms with E-state index in [9.17, 15) is 4.79 Å². The molecule has 1 N–H and O–H groups in total. The zero-order valence-corrected chi connectivity index (χ0v) is 15.6. The molecule has 0 aliphatic carbocycles. The maximum Gasteiger partial charge on any atom is 0.317 e. The standard InChI is InChI=1S/C18H21Cl2N3O2/c1-22(11-16(24)25)13-3-2-9-23(10-8-13)15-7-5-12-4-6-14(19)17(20)18(12)21-15/h4-7,13H,2-3,8-11H2,1H3,(H,24,25). The van der Waals surface area contributed by atoms with Crippen molar-refractivity contribution in [3.8, 4) is 0 Å². The van der Waals surface area contributed by atoms with Gasteiger partial charge >= 0.3 is 5.97 Å². The van der Waals surface area contributed by atoms with E-state index in [1.165, 1.54) is 0 Å². The van der Waals surface area contributed by atoms with Crippen molar-refractivity contribution >= 4 is 45.9 Å². The molecule has 1 aliphatic heterocycles. The number of benzene rings is 1. The number of rotatable bonds is 4. The molecule has 1 aromatic heterocycles. The van der Waals surface area contributed by atoms with Crippen molar-refractivity contribution in [1.82, 2.24) is 9.88 Å². The minimum absolute atomic E-state index is 0.0764. The Bertz CT molecular complexity index is 784. The van der Waals surface area contributed by atoms with Gasteiger partial charge in [-0.25, -0.2) is 4.98 Å². The van der Waals surface area contributed by atoms with Gasteiger partial charge in [0.25, 0.3) is 0 Å². The van der Waals surface area contributed by atoms with Gasteiger partial charge in [-0.1, -0.05) is 29.3 Å². The van der Waals surface area contributed by atoms with E-state index in [1.54, 1.807) is 6.07 Å². The Kier molecular flexibility index (Phi) is 5.67. The number of carbonyl (C=O) groups is 1. The van der Waals surface area contributed by atoms with E-state index in [2.05, 4.69) is 4.90 Å². The topological polar surface area (TPSA) is 56.7 Å². The Morgan fingerprint density at radius 3 is 2.80 bits per heavy atom. The van der Waals surface area contributed by atoms with Crippen molar-refractivity contribution in [2.45, 2.75) is 25.3 Å². The van der Waals surface area contributed by atoms with Crippen molar-refractivity contribution in [3.05, 3.63) is 34.3 Å². The van der Waals surface area contributed by atoms with Crippen LogP contribution in [0.4, 0.5) is 5.82 Å². The maximum absolute atomic E-state index is 10.9. The highest BCUT2D eigenvalue weighted by atomic mass is 35.5. The Hall–Kier alpha value is -1.56. The van der Waals surface area contributed by atoms with Gasteiger partial charge in [-0.2, -0.15) is 0 Å². The van der Waals surface area contributed by atoms with Crippen LogP contribution in [0.5, 0.6) is 0 Å². The molecule has 7 heteroatoms. The molecule has 25 heavy (non-hydrogen) atoms. The number of aromatic nitrogens is 1. The molecule has 1 aromatic carbocycles. The number of carboxylic acid groups (broad SMARTS) is 1. The number of fused-ring (bicyclic) bond motifs is 1. The van der Waals surface area contributed by atoms with Crippen LogP contribution in [-0.4, -0.2) is 53.7 Å². The summed E-state index contributed by atoms with van der Waals surface area (Å²) in [6.07, 6.45) is 2.89. The van der Waals surface area contributed by atoms with Crippen LogP contribution in [0.3, 0.4) is 0 Å². The van der Waals surface area contributed by atoms with Crippen LogP contribution in [0.1, 0.15) is 19.3 Å². The molecule has 0 bridgehead atoms. The van der Waals surface area contributed by atoms with Gasteiger partial charge in [0.05, 0.1) is 22.1 Å². The average Bonchev–Trinajstić information content (AvgIpc) is 2.84. The lowest BCUT2D eigenvalue weighted by molar-refractivity contribution is -0.138. The van der Waals surface area contributed by atoms with Gasteiger partial charge in [-0.15, -0.1) is 0 Å². The van der Waals surface area contributed by atoms with Gasteiger partial charge in [0.1, 0.15) is 5.82 Å². The Morgan fingerprint density at radius 1 is 1.28 bits per heavy atom. The summed E-state index contributed by atoms with van der Waals surface area (Å²) in [5.74, 6) is 0.101. The highest BCUT2D eigenvalue weighted by Crippen LogP contribution is 2.31. The first-order valence-electron chi connectivity index (χ1n) is 8.37. The van der Waals surface area contributed by atoms with Crippen LogP contribution >= 0.6 is 23.2 Å². The number of hydrogen-bond donors (Lipinski definition) is 1. The molecule has 1 saturated heterocycles. The second-order valence-electron chi connectivity index (χ2n) is 6.48. The van der Waals surface area contributed by atoms with Crippen molar-refractivity contribution in [2.24, 2.45) is 0 Å². The minimum atomic E-state index is -0.786. The Labute approximate surface area is 157 Å². The molecule has 1 atom stereocenters. The van der Waals surface area contributed by atoms with Gasteiger partial charge in [-0.05, 0) is 44.5 Å². The Balaban J connectivity index is 1.77. The molecule has 0 radical (unpaired) electrons. The fourth-order valence-electron chi connectivity index (χ4n) is 3.39. The summed E-state index contributed by atoms with van der Waals surface area (Å²) in [4.78, 5) is 19.8. The number of nitrogens with zero attached hydrogens (tertiary/aromatic N) is 3. The quantitative estimate of drug-likeness (QED) is 0.869. The van der Waals surface area contributed by atoms with Crippen LogP contribution in [-0.2, 0) is 4.79 Å². The molecular weight excluding hydrogens is 361 g/mol. The SMILES string of the molecule is CN(CC(=O)O)C1CCCN(c2ccc3ccc(Cl)c(Cl)c3n2)CC1. The number of carboxylic acids is 1. The van der Waals surface area contributed by atoms with Crippen LogP contribution in [0.25, 0.3) is 10.9 Å². The van der Waals surface area contributed by atoms with Crippen LogP contribution in [0.15, 0.2) is 24.3 Å². The van der Waals surface area contributed by atoms with E-state index in [0.717, 1.165) is 49.1 Å². The molecule has 1 aliphatic rings. The molecule has 1 fully saturated rings. The molecule has 134 valence electrons. The predicted octanol–water partition coefficient (Wildman–Crippen LogP) is 3.92. The maximum atomic E-state index is 10.9. The van der Waals surface area contributed by atoms with Gasteiger partial charge in [0.2, 0.25) is 0 Å². The first kappa shape index (κ1) is 18.2. The van der Waals surface area contributed by atoms with Gasteiger partial charge < -0.3 is 10.0 Å². The summed E-state index contributed by atoms with van der Waals surface area (Å²) in [5, 5.41) is 10.9. The lowest BCUT2D eigenvalue weighted by Gasteiger charge is -2.26. The predicted molar refractivity (Wildman–Crippen MR) is 102 cm³/mol. The number of pyridine rings is 1. The van der Waals surface area contributed by atoms with Gasteiger partial charge in [-0.3, -0.25) is 9.69 Å². The van der Waals surface area contributed by atoms with E-state index in [1.807, 2.05) is 30.1 Å². The Morgan fingerprint density at radius 2 is 2.04 bits per heavy atom. The molecule has 1 unspecified atom stereocenters. The smallest absolute Gasteiger partial charge is 0.317 e. The summed E-state index contributed by atoms with van der Waals surface area (Å²) in [5.41, 5.74) is 0.718. The van der Waals surface area contributed by atoms with Gasteiger partial charge in [0.15, 0.2) is 0 Å². The third-order valence-corrected chi connectivity index (χ3v) is 5.56. The minimum Gasteiger partial charge on any atom is -0.480 e. The third-order valence-electron chi connectivity index (χ3n) is 4.77. The number of aliphatic carboxylic acids is 1. The fraction of sp³-hybridized carbons (Fsp3) is 0.444. The lowest BCUT2D eigenvalue weighted by Crippen LogP contribution is -2.36. The molecule has 0 spiro atoms. The molecule has 2 heterocycles. The normalized spacial score (nSPS) is 18.6. The highest BCUT2D eigenvalue weighted by molar-refractivity contribution is 6.45. The van der Waals surface area contributed by atoms with Crippen molar-refractivity contribution < 1.29 is 9.90 Å². The first-order chi connectivity index (χ1) is 12.0. The summed E-state index contributed by atoms with van der Waals surface area (Å²) in [6.45, 7) is 1.81. The lowest BCUT2D eigenvalue weighted by atomic mass is 10.1. The second-order valence-corrected chi connectivity index (χ2v) is 7.27. The summed E-state index contributed by atoms with van der Waals surface area (Å²) in [6, 6.07) is 7.99. The van der Waals surface area contributed by atoms with E-state index in [4.69, 9.17) is 33.3 Å². The zero-order chi connectivity index (χ0) is 18.0. The van der Waals surface area contributed by atoms with Crippen LogP contribution in [0.2, 0.25) is 10.0 Å². The zero-order valence-electron chi connectivity index (χ0n) is 14.1. The second kappa shape index (κ2) is 7.77. The molecule has 0 amide bonds. The van der Waals surface area contributed by atoms with E-state index in [-0.39, 0.29) is 12.6 Å². The molecule has 5 nitrogen and oxygen atoms in total. The largest absolute Gasteiger partial charge is 0.480 e.